The van der Waals surface area contributed by atoms with Gasteiger partial charge in [0, 0.05) is 11.4 Å². The third-order valence-electron chi connectivity index (χ3n) is 1.71. The number of rotatable bonds is 1. The zero-order chi connectivity index (χ0) is 8.55. The lowest BCUT2D eigenvalue weighted by Crippen LogP contribution is -2.21. The van der Waals surface area contributed by atoms with Gasteiger partial charge in [-0.3, -0.25) is 0 Å². The average Bonchev–Trinajstić information content (AvgIpc) is 2.58. The quantitative estimate of drug-likeness (QED) is 0.781. The van der Waals surface area contributed by atoms with Gasteiger partial charge in [-0.25, -0.2) is 4.79 Å². The summed E-state index contributed by atoms with van der Waals surface area (Å²) in [5, 5.41) is 5.54. The smallest absolute Gasteiger partial charge is 0.315 e. The summed E-state index contributed by atoms with van der Waals surface area (Å²) in [7, 11) is 0. The minimum absolute atomic E-state index is 0.0791. The second-order valence-corrected chi connectivity index (χ2v) is 5.04. The number of amides is 2. The van der Waals surface area contributed by atoms with Crippen molar-refractivity contribution in [3.8, 4) is 0 Å². The van der Waals surface area contributed by atoms with Gasteiger partial charge in [-0.1, -0.05) is 0 Å². The van der Waals surface area contributed by atoms with Crippen LogP contribution in [0.3, 0.4) is 0 Å². The summed E-state index contributed by atoms with van der Waals surface area (Å²) in [6.45, 7) is 0.686. The summed E-state index contributed by atoms with van der Waals surface area (Å²) < 4.78 is 1.10. The first-order valence-electron chi connectivity index (χ1n) is 3.55. The first-order valence-corrected chi connectivity index (χ1v) is 5.16. The van der Waals surface area contributed by atoms with Gasteiger partial charge in [0.25, 0.3) is 0 Å². The highest BCUT2D eigenvalue weighted by atomic mass is 79.9. The Morgan fingerprint density at radius 1 is 1.58 bits per heavy atom. The molecule has 1 aliphatic rings. The molecule has 2 rings (SSSR count). The molecule has 5 heteroatoms. The summed E-state index contributed by atoms with van der Waals surface area (Å²) in [6.07, 6.45) is 0. The number of carbonyl (C=O) groups is 1. The molecule has 1 aromatic rings. The Labute approximate surface area is 82.3 Å². The highest BCUT2D eigenvalue weighted by molar-refractivity contribution is 9.11. The van der Waals surface area contributed by atoms with Crippen LogP contribution in [0.1, 0.15) is 10.9 Å². The molecule has 3 nitrogen and oxygen atoms in total. The SMILES string of the molecule is O=C1NC[C@H](c2ccc(Br)s2)N1. The van der Waals surface area contributed by atoms with E-state index in [1.807, 2.05) is 12.1 Å². The van der Waals surface area contributed by atoms with Gasteiger partial charge in [-0.15, -0.1) is 11.3 Å². The van der Waals surface area contributed by atoms with E-state index >= 15 is 0 Å². The van der Waals surface area contributed by atoms with E-state index in [1.165, 1.54) is 4.88 Å². The molecule has 1 saturated heterocycles. The van der Waals surface area contributed by atoms with E-state index in [4.69, 9.17) is 0 Å². The monoisotopic (exact) mass is 246 g/mol. The molecule has 12 heavy (non-hydrogen) atoms. The van der Waals surface area contributed by atoms with Crippen LogP contribution in [-0.4, -0.2) is 12.6 Å². The largest absolute Gasteiger partial charge is 0.336 e. The van der Waals surface area contributed by atoms with Crippen LogP contribution in [0.15, 0.2) is 15.9 Å². The van der Waals surface area contributed by atoms with E-state index in [9.17, 15) is 4.79 Å². The van der Waals surface area contributed by atoms with Crippen LogP contribution < -0.4 is 10.6 Å². The van der Waals surface area contributed by atoms with E-state index in [0.717, 1.165) is 3.79 Å². The summed E-state index contributed by atoms with van der Waals surface area (Å²) in [5.41, 5.74) is 0. The standard InChI is InChI=1S/C7H7BrN2OS/c8-6-2-1-5(12-6)4-3-9-7(11)10-4/h1-2,4H,3H2,(H2,9,10,11)/t4-/m1/s1. The minimum Gasteiger partial charge on any atom is -0.336 e. The van der Waals surface area contributed by atoms with Crippen LogP contribution in [0.25, 0.3) is 0 Å². The van der Waals surface area contributed by atoms with E-state index in [-0.39, 0.29) is 12.1 Å². The normalized spacial score (nSPS) is 22.1. The van der Waals surface area contributed by atoms with Crippen molar-refractivity contribution in [3.05, 3.63) is 20.8 Å². The molecule has 2 N–H and O–H groups in total. The fraction of sp³-hybridized carbons (Fsp3) is 0.286. The average molecular weight is 247 g/mol. The van der Waals surface area contributed by atoms with Gasteiger partial charge < -0.3 is 10.6 Å². The minimum atomic E-state index is -0.0791. The molecule has 2 heterocycles. The maximum atomic E-state index is 10.8. The van der Waals surface area contributed by atoms with Crippen LogP contribution in [0, 0.1) is 0 Å². The summed E-state index contributed by atoms with van der Waals surface area (Å²) >= 11 is 5.03. The molecule has 1 atom stereocenters. The predicted octanol–water partition coefficient (Wildman–Crippen LogP) is 1.86. The molecule has 0 aromatic carbocycles. The van der Waals surface area contributed by atoms with Crippen molar-refractivity contribution in [1.29, 1.82) is 0 Å². The lowest BCUT2D eigenvalue weighted by atomic mass is 10.3. The Bertz CT molecular complexity index is 312. The second-order valence-electron chi connectivity index (χ2n) is 2.55. The number of nitrogens with one attached hydrogen (secondary N) is 2. The van der Waals surface area contributed by atoms with Gasteiger partial charge in [0.05, 0.1) is 9.83 Å². The zero-order valence-corrected chi connectivity index (χ0v) is 8.54. The van der Waals surface area contributed by atoms with Crippen molar-refractivity contribution < 1.29 is 4.79 Å². The lowest BCUT2D eigenvalue weighted by Gasteiger charge is -2.03. The number of urea groups is 1. The molecule has 0 unspecified atom stereocenters. The van der Waals surface area contributed by atoms with Crippen LogP contribution in [0.4, 0.5) is 4.79 Å². The first-order chi connectivity index (χ1) is 5.75. The van der Waals surface area contributed by atoms with Gasteiger partial charge >= 0.3 is 6.03 Å². The molecule has 0 saturated carbocycles. The Hall–Kier alpha value is -0.550. The number of thiophene rings is 1. The summed E-state index contributed by atoms with van der Waals surface area (Å²) in [6, 6.07) is 4.08. The Morgan fingerprint density at radius 2 is 2.42 bits per heavy atom. The Kier molecular flexibility index (Phi) is 2.06. The van der Waals surface area contributed by atoms with Gasteiger partial charge in [0.15, 0.2) is 0 Å². The Balaban J connectivity index is 2.15. The van der Waals surface area contributed by atoms with Crippen LogP contribution >= 0.6 is 27.3 Å². The molecule has 0 radical (unpaired) electrons. The third kappa shape index (κ3) is 1.47. The summed E-state index contributed by atoms with van der Waals surface area (Å²) in [5.74, 6) is 0. The van der Waals surface area contributed by atoms with Crippen molar-refractivity contribution in [3.63, 3.8) is 0 Å². The van der Waals surface area contributed by atoms with Crippen LogP contribution in [0.5, 0.6) is 0 Å². The Morgan fingerprint density at radius 3 is 2.92 bits per heavy atom. The molecule has 1 fully saturated rings. The van der Waals surface area contributed by atoms with Gasteiger partial charge in [-0.05, 0) is 28.1 Å². The van der Waals surface area contributed by atoms with Crippen molar-refractivity contribution in [2.75, 3.05) is 6.54 Å². The zero-order valence-electron chi connectivity index (χ0n) is 6.13. The fourth-order valence-electron chi connectivity index (χ4n) is 1.14. The second kappa shape index (κ2) is 3.06. The van der Waals surface area contributed by atoms with E-state index in [2.05, 4.69) is 26.6 Å². The highest BCUT2D eigenvalue weighted by Crippen LogP contribution is 2.27. The van der Waals surface area contributed by atoms with E-state index in [0.29, 0.717) is 6.54 Å². The molecule has 1 aliphatic heterocycles. The van der Waals surface area contributed by atoms with Crippen molar-refractivity contribution >= 4 is 33.3 Å². The third-order valence-corrected chi connectivity index (χ3v) is 3.45. The van der Waals surface area contributed by atoms with Gasteiger partial charge in [0.2, 0.25) is 0 Å². The number of hydrogen-bond acceptors (Lipinski definition) is 2. The van der Waals surface area contributed by atoms with Gasteiger partial charge in [-0.2, -0.15) is 0 Å². The summed E-state index contributed by atoms with van der Waals surface area (Å²) in [4.78, 5) is 12.0. The topological polar surface area (TPSA) is 41.1 Å². The predicted molar refractivity (Wildman–Crippen MR) is 51.3 cm³/mol. The number of carbonyl (C=O) groups excluding carboxylic acids is 1. The molecule has 2 amide bonds. The number of halogens is 1. The van der Waals surface area contributed by atoms with Crippen LogP contribution in [-0.2, 0) is 0 Å². The molecule has 0 bridgehead atoms. The lowest BCUT2D eigenvalue weighted by molar-refractivity contribution is 0.247. The highest BCUT2D eigenvalue weighted by Gasteiger charge is 2.22. The van der Waals surface area contributed by atoms with Crippen LogP contribution in [0.2, 0.25) is 0 Å². The van der Waals surface area contributed by atoms with Crippen molar-refractivity contribution in [2.24, 2.45) is 0 Å². The molecular formula is C7H7BrN2OS. The molecule has 64 valence electrons. The molecule has 0 spiro atoms. The molecular weight excluding hydrogens is 240 g/mol. The van der Waals surface area contributed by atoms with Crippen molar-refractivity contribution in [2.45, 2.75) is 6.04 Å². The first kappa shape index (κ1) is 8.07. The maximum absolute atomic E-state index is 10.8. The van der Waals surface area contributed by atoms with Gasteiger partial charge in [0.1, 0.15) is 0 Å². The number of hydrogen-bond donors (Lipinski definition) is 2. The molecule has 1 aromatic heterocycles. The van der Waals surface area contributed by atoms with E-state index < -0.39 is 0 Å². The van der Waals surface area contributed by atoms with E-state index in [1.54, 1.807) is 11.3 Å². The van der Waals surface area contributed by atoms with Crippen molar-refractivity contribution in [1.82, 2.24) is 10.6 Å². The fourth-order valence-corrected chi connectivity index (χ4v) is 2.62. The molecule has 0 aliphatic carbocycles. The maximum Gasteiger partial charge on any atom is 0.315 e.